The van der Waals surface area contributed by atoms with Crippen LogP contribution >= 0.6 is 11.3 Å². The van der Waals surface area contributed by atoms with E-state index in [0.29, 0.717) is 19.8 Å². The highest BCUT2D eigenvalue weighted by Crippen LogP contribution is 2.28. The Bertz CT molecular complexity index is 722. The quantitative estimate of drug-likeness (QED) is 0.677. The van der Waals surface area contributed by atoms with Crippen LogP contribution in [0.15, 0.2) is 29.8 Å². The molecule has 0 fully saturated rings. The molecule has 7 heteroatoms. The molecule has 27 heavy (non-hydrogen) atoms. The normalized spacial score (nSPS) is 12.6. The zero-order chi connectivity index (χ0) is 19.9. The number of nitrogens with one attached hydrogen (secondary N) is 1. The second-order valence-corrected chi connectivity index (χ2v) is 8.01. The van der Waals surface area contributed by atoms with Crippen molar-refractivity contribution in [3.05, 3.63) is 41.0 Å². The van der Waals surface area contributed by atoms with Gasteiger partial charge in [0, 0.05) is 7.11 Å². The summed E-state index contributed by atoms with van der Waals surface area (Å²) >= 11 is 1.61. The van der Waals surface area contributed by atoms with Crippen molar-refractivity contribution in [3.8, 4) is 10.4 Å². The summed E-state index contributed by atoms with van der Waals surface area (Å²) in [6.45, 7) is 8.80. The minimum absolute atomic E-state index is 0.312. The SMILES string of the molecule is COCCOC[C@H](NC(=O)OC(C)(C)C)c1ccc(-c2scnc2C)cc1. The van der Waals surface area contributed by atoms with Crippen LogP contribution in [0.4, 0.5) is 4.79 Å². The minimum Gasteiger partial charge on any atom is -0.444 e. The molecule has 2 aromatic rings. The van der Waals surface area contributed by atoms with E-state index >= 15 is 0 Å². The van der Waals surface area contributed by atoms with Crippen molar-refractivity contribution < 1.29 is 19.0 Å². The molecule has 0 spiro atoms. The van der Waals surface area contributed by atoms with Gasteiger partial charge in [0.25, 0.3) is 0 Å². The number of nitrogens with zero attached hydrogens (tertiary/aromatic N) is 1. The Morgan fingerprint density at radius 3 is 2.48 bits per heavy atom. The molecular weight excluding hydrogens is 364 g/mol. The van der Waals surface area contributed by atoms with Crippen LogP contribution in [0.25, 0.3) is 10.4 Å². The van der Waals surface area contributed by atoms with E-state index in [9.17, 15) is 4.79 Å². The summed E-state index contributed by atoms with van der Waals surface area (Å²) in [6.07, 6.45) is -0.467. The Labute approximate surface area is 164 Å². The third-order valence-electron chi connectivity index (χ3n) is 3.73. The molecule has 0 unspecified atom stereocenters. The molecule has 0 aliphatic rings. The van der Waals surface area contributed by atoms with E-state index < -0.39 is 11.7 Å². The fraction of sp³-hybridized carbons (Fsp3) is 0.500. The molecule has 2 rings (SSSR count). The Kier molecular flexibility index (Phi) is 7.77. The number of ether oxygens (including phenoxy) is 3. The fourth-order valence-electron chi connectivity index (χ4n) is 2.46. The first-order valence-corrected chi connectivity index (χ1v) is 9.74. The van der Waals surface area contributed by atoms with Gasteiger partial charge in [0.1, 0.15) is 5.60 Å². The lowest BCUT2D eigenvalue weighted by Gasteiger charge is -2.24. The Morgan fingerprint density at radius 1 is 1.22 bits per heavy atom. The molecule has 0 radical (unpaired) electrons. The van der Waals surface area contributed by atoms with Crippen LogP contribution in [0.3, 0.4) is 0 Å². The van der Waals surface area contributed by atoms with E-state index in [0.717, 1.165) is 21.7 Å². The third kappa shape index (κ3) is 6.93. The average Bonchev–Trinajstić information content (AvgIpc) is 3.02. The van der Waals surface area contributed by atoms with Crippen LogP contribution < -0.4 is 5.32 Å². The molecule has 1 aromatic heterocycles. The van der Waals surface area contributed by atoms with E-state index in [1.807, 2.05) is 57.5 Å². The number of aromatic nitrogens is 1. The maximum Gasteiger partial charge on any atom is 0.408 e. The second-order valence-electron chi connectivity index (χ2n) is 7.16. The van der Waals surface area contributed by atoms with Gasteiger partial charge in [-0.3, -0.25) is 0 Å². The van der Waals surface area contributed by atoms with Crippen LogP contribution in [0.5, 0.6) is 0 Å². The first-order chi connectivity index (χ1) is 12.8. The van der Waals surface area contributed by atoms with Gasteiger partial charge in [-0.15, -0.1) is 11.3 Å². The topological polar surface area (TPSA) is 69.7 Å². The van der Waals surface area contributed by atoms with Gasteiger partial charge in [-0.05, 0) is 38.8 Å². The Morgan fingerprint density at radius 2 is 1.93 bits per heavy atom. The summed E-state index contributed by atoms with van der Waals surface area (Å²) in [6, 6.07) is 7.75. The third-order valence-corrected chi connectivity index (χ3v) is 4.71. The number of rotatable bonds is 8. The number of methoxy groups -OCH3 is 1. The first kappa shape index (κ1) is 21.3. The van der Waals surface area contributed by atoms with E-state index in [4.69, 9.17) is 14.2 Å². The van der Waals surface area contributed by atoms with Crippen molar-refractivity contribution in [2.75, 3.05) is 26.9 Å². The maximum atomic E-state index is 12.2. The van der Waals surface area contributed by atoms with Gasteiger partial charge in [-0.25, -0.2) is 9.78 Å². The molecule has 1 N–H and O–H groups in total. The molecule has 6 nitrogen and oxygen atoms in total. The lowest BCUT2D eigenvalue weighted by molar-refractivity contribution is 0.0370. The lowest BCUT2D eigenvalue weighted by Crippen LogP contribution is -2.36. The lowest BCUT2D eigenvalue weighted by atomic mass is 10.0. The largest absolute Gasteiger partial charge is 0.444 e. The molecule has 0 saturated heterocycles. The number of hydrogen-bond donors (Lipinski definition) is 1. The highest BCUT2D eigenvalue weighted by Gasteiger charge is 2.21. The van der Waals surface area contributed by atoms with Crippen molar-refractivity contribution in [1.82, 2.24) is 10.3 Å². The Balaban J connectivity index is 2.11. The Hall–Kier alpha value is -1.96. The zero-order valence-electron chi connectivity index (χ0n) is 16.6. The van der Waals surface area contributed by atoms with Crippen molar-refractivity contribution in [2.45, 2.75) is 39.3 Å². The summed E-state index contributed by atoms with van der Waals surface area (Å²) in [7, 11) is 1.62. The predicted molar refractivity (Wildman–Crippen MR) is 107 cm³/mol. The molecule has 0 aliphatic heterocycles. The van der Waals surface area contributed by atoms with Crippen LogP contribution in [0.1, 0.15) is 38.1 Å². The fourth-order valence-corrected chi connectivity index (χ4v) is 3.27. The van der Waals surface area contributed by atoms with Crippen LogP contribution in [-0.2, 0) is 14.2 Å². The van der Waals surface area contributed by atoms with E-state index in [2.05, 4.69) is 10.3 Å². The summed E-state index contributed by atoms with van der Waals surface area (Å²) < 4.78 is 16.0. The number of aryl methyl sites for hydroxylation is 1. The molecule has 1 atom stereocenters. The molecule has 1 heterocycles. The zero-order valence-corrected chi connectivity index (χ0v) is 17.4. The number of amides is 1. The summed E-state index contributed by atoms with van der Waals surface area (Å²) in [4.78, 5) is 17.7. The highest BCUT2D eigenvalue weighted by molar-refractivity contribution is 7.13. The summed E-state index contributed by atoms with van der Waals surface area (Å²) in [5.41, 5.74) is 4.35. The summed E-state index contributed by atoms with van der Waals surface area (Å²) in [5.74, 6) is 0. The van der Waals surface area contributed by atoms with Gasteiger partial charge in [0.2, 0.25) is 0 Å². The van der Waals surface area contributed by atoms with Crippen molar-refractivity contribution in [2.24, 2.45) is 0 Å². The van der Waals surface area contributed by atoms with Crippen molar-refractivity contribution in [1.29, 1.82) is 0 Å². The van der Waals surface area contributed by atoms with Crippen LogP contribution in [0.2, 0.25) is 0 Å². The first-order valence-electron chi connectivity index (χ1n) is 8.87. The molecule has 0 bridgehead atoms. The van der Waals surface area contributed by atoms with Gasteiger partial charge >= 0.3 is 6.09 Å². The molecule has 0 saturated carbocycles. The van der Waals surface area contributed by atoms with Crippen LogP contribution in [0, 0.1) is 6.92 Å². The van der Waals surface area contributed by atoms with Crippen LogP contribution in [-0.4, -0.2) is 43.6 Å². The van der Waals surface area contributed by atoms with Crippen molar-refractivity contribution >= 4 is 17.4 Å². The summed E-state index contributed by atoms with van der Waals surface area (Å²) in [5, 5.41) is 2.90. The molecule has 0 aliphatic carbocycles. The number of carbonyl (C=O) groups excluding carboxylic acids is 1. The average molecular weight is 393 g/mol. The number of carbonyl (C=O) groups is 1. The van der Waals surface area contributed by atoms with Gasteiger partial charge in [-0.1, -0.05) is 24.3 Å². The molecular formula is C20H28N2O4S. The number of thiazole rings is 1. The maximum absolute atomic E-state index is 12.2. The molecule has 1 amide bonds. The monoisotopic (exact) mass is 392 g/mol. The second kappa shape index (κ2) is 9.82. The smallest absolute Gasteiger partial charge is 0.408 e. The van der Waals surface area contributed by atoms with E-state index in [-0.39, 0.29) is 6.04 Å². The minimum atomic E-state index is -0.556. The number of alkyl carbamates (subject to hydrolysis) is 1. The standard InChI is InChI=1S/C20H28N2O4S/c1-14-18(27-13-21-14)16-8-6-15(7-9-16)17(12-25-11-10-24-5)22-19(23)26-20(2,3)4/h6-9,13,17H,10-12H2,1-5H3,(H,22,23)/t17-/m0/s1. The predicted octanol–water partition coefficient (Wildman–Crippen LogP) is 4.35. The van der Waals surface area contributed by atoms with E-state index in [1.54, 1.807) is 18.4 Å². The van der Waals surface area contributed by atoms with Crippen molar-refractivity contribution in [3.63, 3.8) is 0 Å². The highest BCUT2D eigenvalue weighted by atomic mass is 32.1. The molecule has 148 valence electrons. The number of hydrogen-bond acceptors (Lipinski definition) is 6. The van der Waals surface area contributed by atoms with Gasteiger partial charge in [0.05, 0.1) is 41.9 Å². The van der Waals surface area contributed by atoms with Gasteiger partial charge < -0.3 is 19.5 Å². The van der Waals surface area contributed by atoms with Gasteiger partial charge in [0.15, 0.2) is 0 Å². The molecule has 1 aromatic carbocycles. The van der Waals surface area contributed by atoms with E-state index in [1.165, 1.54) is 0 Å². The van der Waals surface area contributed by atoms with Gasteiger partial charge in [-0.2, -0.15) is 0 Å². The number of benzene rings is 1.